The van der Waals surface area contributed by atoms with Crippen molar-refractivity contribution < 1.29 is 9.59 Å². The fraction of sp³-hybridized carbons (Fsp3) is 0.350. The van der Waals surface area contributed by atoms with Crippen LogP contribution in [0.3, 0.4) is 0 Å². The quantitative estimate of drug-likeness (QED) is 0.840. The Morgan fingerprint density at radius 1 is 0.962 bits per heavy atom. The van der Waals surface area contributed by atoms with E-state index in [-0.39, 0.29) is 18.4 Å². The molecule has 2 aliphatic rings. The van der Waals surface area contributed by atoms with Gasteiger partial charge < -0.3 is 14.7 Å². The van der Waals surface area contributed by atoms with Crippen LogP contribution in [0.5, 0.6) is 0 Å². The van der Waals surface area contributed by atoms with Crippen molar-refractivity contribution >= 4 is 17.5 Å². The second-order valence-electron chi connectivity index (χ2n) is 6.71. The first kappa shape index (κ1) is 16.6. The SMILES string of the molecule is O=C(CN1CCc2ccccc2C1=O)N1CCN(c2ccncc2)CC1. The van der Waals surface area contributed by atoms with Crippen LogP contribution in [-0.4, -0.2) is 65.9 Å². The summed E-state index contributed by atoms with van der Waals surface area (Å²) in [5.41, 5.74) is 2.94. The topological polar surface area (TPSA) is 56.8 Å². The van der Waals surface area contributed by atoms with E-state index in [4.69, 9.17) is 0 Å². The van der Waals surface area contributed by atoms with E-state index < -0.39 is 0 Å². The van der Waals surface area contributed by atoms with E-state index in [1.807, 2.05) is 41.3 Å². The van der Waals surface area contributed by atoms with Crippen LogP contribution < -0.4 is 4.90 Å². The highest BCUT2D eigenvalue weighted by Gasteiger charge is 2.28. The summed E-state index contributed by atoms with van der Waals surface area (Å²) < 4.78 is 0. The van der Waals surface area contributed by atoms with Crippen molar-refractivity contribution in [2.45, 2.75) is 6.42 Å². The standard InChI is InChI=1S/C20H22N4O2/c25-19(15-24-10-7-16-3-1-2-4-18(16)20(24)26)23-13-11-22(12-14-23)17-5-8-21-9-6-17/h1-6,8-9H,7,10-15H2. The van der Waals surface area contributed by atoms with E-state index in [1.54, 1.807) is 17.3 Å². The largest absolute Gasteiger partial charge is 0.368 e. The van der Waals surface area contributed by atoms with E-state index in [0.29, 0.717) is 19.6 Å². The van der Waals surface area contributed by atoms with Gasteiger partial charge in [-0.25, -0.2) is 0 Å². The van der Waals surface area contributed by atoms with Gasteiger partial charge in [-0.05, 0) is 30.2 Å². The molecule has 26 heavy (non-hydrogen) atoms. The number of hydrogen-bond acceptors (Lipinski definition) is 4. The maximum absolute atomic E-state index is 12.7. The van der Waals surface area contributed by atoms with Gasteiger partial charge in [0, 0.05) is 56.4 Å². The second kappa shape index (κ2) is 7.15. The lowest BCUT2D eigenvalue weighted by molar-refractivity contribution is -0.132. The van der Waals surface area contributed by atoms with E-state index in [0.717, 1.165) is 36.3 Å². The van der Waals surface area contributed by atoms with Crippen molar-refractivity contribution in [1.82, 2.24) is 14.8 Å². The normalized spacial score (nSPS) is 17.2. The summed E-state index contributed by atoms with van der Waals surface area (Å²) in [6.45, 7) is 3.74. The summed E-state index contributed by atoms with van der Waals surface area (Å²) in [5, 5.41) is 0. The van der Waals surface area contributed by atoms with Gasteiger partial charge in [0.25, 0.3) is 5.91 Å². The highest BCUT2D eigenvalue weighted by molar-refractivity contribution is 5.98. The number of pyridine rings is 1. The number of amides is 2. The number of carbonyl (C=O) groups excluding carboxylic acids is 2. The summed E-state index contributed by atoms with van der Waals surface area (Å²) in [5.74, 6) is 0.00253. The highest BCUT2D eigenvalue weighted by Crippen LogP contribution is 2.19. The smallest absolute Gasteiger partial charge is 0.254 e. The molecule has 0 aliphatic carbocycles. The van der Waals surface area contributed by atoms with Gasteiger partial charge in [-0.15, -0.1) is 0 Å². The van der Waals surface area contributed by atoms with Crippen LogP contribution in [0.1, 0.15) is 15.9 Å². The average Bonchev–Trinajstić information content (AvgIpc) is 2.71. The van der Waals surface area contributed by atoms with Crippen molar-refractivity contribution in [2.75, 3.05) is 44.2 Å². The number of rotatable bonds is 3. The van der Waals surface area contributed by atoms with Crippen molar-refractivity contribution in [1.29, 1.82) is 0 Å². The summed E-state index contributed by atoms with van der Waals surface area (Å²) in [7, 11) is 0. The van der Waals surface area contributed by atoms with Crippen LogP contribution >= 0.6 is 0 Å². The first-order valence-corrected chi connectivity index (χ1v) is 9.02. The predicted octanol–water partition coefficient (Wildman–Crippen LogP) is 1.43. The van der Waals surface area contributed by atoms with Crippen LogP contribution in [-0.2, 0) is 11.2 Å². The molecule has 0 bridgehead atoms. The zero-order chi connectivity index (χ0) is 17.9. The molecule has 0 unspecified atom stereocenters. The molecular formula is C20H22N4O2. The number of carbonyl (C=O) groups is 2. The minimum atomic E-state index is -0.0318. The first-order chi connectivity index (χ1) is 12.7. The van der Waals surface area contributed by atoms with Crippen LogP contribution in [0.2, 0.25) is 0 Å². The number of nitrogens with zero attached hydrogens (tertiary/aromatic N) is 4. The molecule has 0 spiro atoms. The number of aromatic nitrogens is 1. The molecule has 0 saturated carbocycles. The Hall–Kier alpha value is -2.89. The molecule has 0 N–H and O–H groups in total. The second-order valence-corrected chi connectivity index (χ2v) is 6.71. The van der Waals surface area contributed by atoms with Crippen molar-refractivity contribution in [3.63, 3.8) is 0 Å². The maximum Gasteiger partial charge on any atom is 0.254 e. The first-order valence-electron chi connectivity index (χ1n) is 9.02. The summed E-state index contributed by atoms with van der Waals surface area (Å²) in [6, 6.07) is 11.6. The van der Waals surface area contributed by atoms with Crippen molar-refractivity contribution in [2.24, 2.45) is 0 Å². The maximum atomic E-state index is 12.7. The molecule has 6 nitrogen and oxygen atoms in total. The van der Waals surface area contributed by atoms with Gasteiger partial charge in [0.2, 0.25) is 5.91 Å². The lowest BCUT2D eigenvalue weighted by Crippen LogP contribution is -2.52. The molecule has 2 aliphatic heterocycles. The van der Waals surface area contributed by atoms with Crippen LogP contribution in [0.15, 0.2) is 48.8 Å². The molecule has 6 heteroatoms. The van der Waals surface area contributed by atoms with Gasteiger partial charge in [0.05, 0.1) is 0 Å². The highest BCUT2D eigenvalue weighted by atomic mass is 16.2. The van der Waals surface area contributed by atoms with Crippen LogP contribution in [0, 0.1) is 0 Å². The van der Waals surface area contributed by atoms with Gasteiger partial charge in [-0.2, -0.15) is 0 Å². The van der Waals surface area contributed by atoms with E-state index in [1.165, 1.54) is 0 Å². The van der Waals surface area contributed by atoms with Gasteiger partial charge >= 0.3 is 0 Å². The Balaban J connectivity index is 1.34. The number of benzene rings is 1. The van der Waals surface area contributed by atoms with Crippen LogP contribution in [0.25, 0.3) is 0 Å². The third kappa shape index (κ3) is 3.27. The van der Waals surface area contributed by atoms with Crippen molar-refractivity contribution in [3.05, 3.63) is 59.9 Å². The Bertz CT molecular complexity index is 800. The Morgan fingerprint density at radius 2 is 1.69 bits per heavy atom. The zero-order valence-electron chi connectivity index (χ0n) is 14.7. The number of hydrogen-bond donors (Lipinski definition) is 0. The fourth-order valence-electron chi connectivity index (χ4n) is 3.66. The molecule has 134 valence electrons. The lowest BCUT2D eigenvalue weighted by atomic mass is 9.99. The molecule has 1 fully saturated rings. The molecule has 1 aromatic carbocycles. The fourth-order valence-corrected chi connectivity index (χ4v) is 3.66. The number of anilines is 1. The predicted molar refractivity (Wildman–Crippen MR) is 99.1 cm³/mol. The zero-order valence-corrected chi connectivity index (χ0v) is 14.7. The van der Waals surface area contributed by atoms with Crippen LogP contribution in [0.4, 0.5) is 5.69 Å². The summed E-state index contributed by atoms with van der Waals surface area (Å²) in [6.07, 6.45) is 4.38. The summed E-state index contributed by atoms with van der Waals surface area (Å²) >= 11 is 0. The van der Waals surface area contributed by atoms with E-state index in [9.17, 15) is 9.59 Å². The Labute approximate surface area is 153 Å². The molecule has 3 heterocycles. The van der Waals surface area contributed by atoms with Crippen molar-refractivity contribution in [3.8, 4) is 0 Å². The molecule has 2 amide bonds. The molecule has 0 radical (unpaired) electrons. The van der Waals surface area contributed by atoms with Gasteiger partial charge in [-0.3, -0.25) is 14.6 Å². The number of piperazine rings is 1. The van der Waals surface area contributed by atoms with Gasteiger partial charge in [-0.1, -0.05) is 18.2 Å². The Morgan fingerprint density at radius 3 is 2.46 bits per heavy atom. The van der Waals surface area contributed by atoms with Gasteiger partial charge in [0.15, 0.2) is 0 Å². The average molecular weight is 350 g/mol. The lowest BCUT2D eigenvalue weighted by Gasteiger charge is -2.37. The Kier molecular flexibility index (Phi) is 4.56. The third-order valence-corrected chi connectivity index (χ3v) is 5.17. The minimum Gasteiger partial charge on any atom is -0.368 e. The van der Waals surface area contributed by atoms with E-state index in [2.05, 4.69) is 9.88 Å². The minimum absolute atomic E-state index is 0.0318. The third-order valence-electron chi connectivity index (χ3n) is 5.17. The molecular weight excluding hydrogens is 328 g/mol. The number of fused-ring (bicyclic) bond motifs is 1. The molecule has 1 saturated heterocycles. The molecule has 0 atom stereocenters. The molecule has 1 aromatic heterocycles. The monoisotopic (exact) mass is 350 g/mol. The molecule has 2 aromatic rings. The van der Waals surface area contributed by atoms with Gasteiger partial charge in [0.1, 0.15) is 6.54 Å². The summed E-state index contributed by atoms with van der Waals surface area (Å²) in [4.78, 5) is 35.1. The molecule has 4 rings (SSSR count). The van der Waals surface area contributed by atoms with E-state index >= 15 is 0 Å².